The molecule has 0 fully saturated rings. The van der Waals surface area contributed by atoms with E-state index in [0.29, 0.717) is 44.3 Å². The predicted molar refractivity (Wildman–Crippen MR) is 98.1 cm³/mol. The van der Waals surface area contributed by atoms with Crippen LogP contribution in [0, 0.1) is 20.8 Å². The molecule has 0 saturated heterocycles. The highest BCUT2D eigenvalue weighted by molar-refractivity contribution is 7.98. The van der Waals surface area contributed by atoms with Crippen molar-refractivity contribution >= 4 is 45.1 Å². The second-order valence-electron chi connectivity index (χ2n) is 5.39. The Morgan fingerprint density at radius 3 is 2.68 bits per heavy atom. The molecule has 0 unspecified atom stereocenters. The number of aryl methyl sites for hydroxylation is 3. The van der Waals surface area contributed by atoms with Crippen LogP contribution in [-0.4, -0.2) is 27.5 Å². The van der Waals surface area contributed by atoms with Crippen molar-refractivity contribution in [3.05, 3.63) is 27.7 Å². The van der Waals surface area contributed by atoms with Crippen LogP contribution in [0.5, 0.6) is 0 Å². The molecule has 7 nitrogen and oxygen atoms in total. The van der Waals surface area contributed by atoms with E-state index in [1.807, 2.05) is 20.8 Å². The lowest BCUT2D eigenvalue weighted by molar-refractivity contribution is 0.0531. The highest BCUT2D eigenvalue weighted by Gasteiger charge is 2.20. The minimum absolute atomic E-state index is 0.324. The van der Waals surface area contributed by atoms with Gasteiger partial charge >= 0.3 is 5.97 Å². The number of nitrogens with zero attached hydrogens (tertiary/aromatic N) is 3. The van der Waals surface area contributed by atoms with Crippen molar-refractivity contribution in [3.8, 4) is 0 Å². The maximum atomic E-state index is 12.1. The summed E-state index contributed by atoms with van der Waals surface area (Å²) in [5.74, 6) is 1.85. The summed E-state index contributed by atoms with van der Waals surface area (Å²) in [6.07, 6.45) is 0. The van der Waals surface area contributed by atoms with Crippen molar-refractivity contribution in [2.45, 2.75) is 38.7 Å². The number of aromatic nitrogens is 3. The highest BCUT2D eigenvalue weighted by atomic mass is 32.2. The predicted octanol–water partition coefficient (Wildman–Crippen LogP) is 3.66. The maximum absolute atomic E-state index is 12.1. The number of nitrogens with two attached hydrogens (primary N) is 1. The third-order valence-electron chi connectivity index (χ3n) is 3.66. The summed E-state index contributed by atoms with van der Waals surface area (Å²) in [7, 11) is 0. The average Bonchev–Trinajstić information content (AvgIpc) is 3.06. The van der Waals surface area contributed by atoms with E-state index in [-0.39, 0.29) is 5.97 Å². The summed E-state index contributed by atoms with van der Waals surface area (Å²) in [5.41, 5.74) is 7.72. The molecule has 0 aliphatic heterocycles. The summed E-state index contributed by atoms with van der Waals surface area (Å²) in [5, 5.41) is 1.29. The zero-order valence-corrected chi connectivity index (χ0v) is 16.0. The minimum Gasteiger partial charge on any atom is -0.462 e. The number of hydrogen-bond acceptors (Lipinski definition) is 9. The number of carbonyl (C=O) groups excluding carboxylic acids is 1. The lowest BCUT2D eigenvalue weighted by Crippen LogP contribution is -2.03. The number of hydrogen-bond donors (Lipinski definition) is 1. The first-order chi connectivity index (χ1) is 11.9. The van der Waals surface area contributed by atoms with Gasteiger partial charge in [-0.1, -0.05) is 11.8 Å². The van der Waals surface area contributed by atoms with Gasteiger partial charge in [0.2, 0.25) is 0 Å². The molecular weight excluding hydrogens is 360 g/mol. The molecule has 2 N–H and O–H groups in total. The summed E-state index contributed by atoms with van der Waals surface area (Å²) in [4.78, 5) is 26.5. The molecule has 0 spiro atoms. The summed E-state index contributed by atoms with van der Waals surface area (Å²) < 4.78 is 10.6. The fraction of sp³-hybridized carbons (Fsp3) is 0.375. The van der Waals surface area contributed by atoms with Gasteiger partial charge in [0, 0.05) is 0 Å². The second kappa shape index (κ2) is 7.01. The highest BCUT2D eigenvalue weighted by Crippen LogP contribution is 2.34. The van der Waals surface area contributed by atoms with Crippen LogP contribution in [0.1, 0.15) is 39.4 Å². The van der Waals surface area contributed by atoms with E-state index < -0.39 is 0 Å². The number of ether oxygens (including phenoxy) is 1. The molecule has 3 heterocycles. The molecule has 0 aliphatic carbocycles. The Labute approximate surface area is 153 Å². The number of nitrogen functional groups attached to an aromatic ring is 1. The van der Waals surface area contributed by atoms with Gasteiger partial charge in [0.25, 0.3) is 5.22 Å². The molecule has 0 radical (unpaired) electrons. The van der Waals surface area contributed by atoms with Gasteiger partial charge in [-0.25, -0.2) is 19.7 Å². The third-order valence-corrected chi connectivity index (χ3v) is 5.65. The molecule has 0 atom stereocenters. The van der Waals surface area contributed by atoms with Crippen LogP contribution < -0.4 is 5.73 Å². The molecule has 0 aromatic carbocycles. The fourth-order valence-corrected chi connectivity index (χ4v) is 4.17. The zero-order valence-electron chi connectivity index (χ0n) is 14.4. The molecule has 3 aromatic rings. The minimum atomic E-state index is -0.357. The van der Waals surface area contributed by atoms with Crippen LogP contribution in [0.3, 0.4) is 0 Å². The number of thioether (sulfide) groups is 1. The Hall–Kier alpha value is -2.13. The first kappa shape index (κ1) is 17.7. The van der Waals surface area contributed by atoms with Crippen molar-refractivity contribution in [2.75, 3.05) is 12.3 Å². The molecule has 3 aromatic heterocycles. The van der Waals surface area contributed by atoms with E-state index in [0.717, 1.165) is 17.0 Å². The number of anilines is 1. The number of esters is 1. The van der Waals surface area contributed by atoms with E-state index in [2.05, 4.69) is 15.0 Å². The largest absolute Gasteiger partial charge is 0.462 e. The van der Waals surface area contributed by atoms with Crippen molar-refractivity contribution in [2.24, 2.45) is 0 Å². The molecule has 0 aliphatic rings. The molecule has 9 heteroatoms. The van der Waals surface area contributed by atoms with Gasteiger partial charge in [-0.15, -0.1) is 11.3 Å². The number of oxazole rings is 1. The first-order valence-corrected chi connectivity index (χ1v) is 9.50. The van der Waals surface area contributed by atoms with Crippen molar-refractivity contribution < 1.29 is 13.9 Å². The van der Waals surface area contributed by atoms with Crippen LogP contribution in [0.15, 0.2) is 9.64 Å². The van der Waals surface area contributed by atoms with E-state index in [1.165, 1.54) is 23.1 Å². The van der Waals surface area contributed by atoms with E-state index >= 15 is 0 Å². The SMILES string of the molecule is CCOC(=O)c1sc2nc(CSc3nc(C)c(C)o3)nc(N)c2c1C. The first-order valence-electron chi connectivity index (χ1n) is 7.70. The van der Waals surface area contributed by atoms with Crippen LogP contribution in [0.4, 0.5) is 5.82 Å². The molecule has 0 bridgehead atoms. The lowest BCUT2D eigenvalue weighted by atomic mass is 10.2. The van der Waals surface area contributed by atoms with Gasteiger partial charge in [0.15, 0.2) is 0 Å². The van der Waals surface area contributed by atoms with E-state index in [4.69, 9.17) is 14.9 Å². The van der Waals surface area contributed by atoms with Gasteiger partial charge in [-0.2, -0.15) is 0 Å². The van der Waals surface area contributed by atoms with Gasteiger partial charge in [0.05, 0.1) is 23.4 Å². The Bertz CT molecular complexity index is 929. The number of thiophene rings is 1. The fourth-order valence-electron chi connectivity index (χ4n) is 2.30. The summed E-state index contributed by atoms with van der Waals surface area (Å²) in [6, 6.07) is 0. The standard InChI is InChI=1S/C16H18N4O3S2/c1-5-22-15(21)12-7(2)11-13(17)19-10(20-14(11)25-12)6-24-16-18-8(3)9(4)23-16/h5-6H2,1-4H3,(H2,17,19,20). The van der Waals surface area contributed by atoms with E-state index in [9.17, 15) is 4.79 Å². The average molecular weight is 378 g/mol. The molecule has 0 saturated carbocycles. The lowest BCUT2D eigenvalue weighted by Gasteiger charge is -2.02. The van der Waals surface area contributed by atoms with Crippen LogP contribution >= 0.6 is 23.1 Å². The van der Waals surface area contributed by atoms with Crippen LogP contribution in [0.25, 0.3) is 10.2 Å². The number of carbonyl (C=O) groups is 1. The van der Waals surface area contributed by atoms with Crippen molar-refractivity contribution in [1.82, 2.24) is 15.0 Å². The second-order valence-corrected chi connectivity index (χ2v) is 7.32. The van der Waals surface area contributed by atoms with Gasteiger partial charge in [-0.3, -0.25) is 0 Å². The number of fused-ring (bicyclic) bond motifs is 1. The quantitative estimate of drug-likeness (QED) is 0.530. The van der Waals surface area contributed by atoms with E-state index in [1.54, 1.807) is 6.92 Å². The van der Waals surface area contributed by atoms with Crippen molar-refractivity contribution in [1.29, 1.82) is 0 Å². The van der Waals surface area contributed by atoms with Crippen LogP contribution in [0.2, 0.25) is 0 Å². The van der Waals surface area contributed by atoms with Gasteiger partial charge in [-0.05, 0) is 33.3 Å². The Morgan fingerprint density at radius 2 is 2.04 bits per heavy atom. The molecule has 0 amide bonds. The summed E-state index contributed by atoms with van der Waals surface area (Å²) in [6.45, 7) is 7.70. The smallest absolute Gasteiger partial charge is 0.348 e. The zero-order chi connectivity index (χ0) is 18.1. The molecular formula is C16H18N4O3S2. The number of rotatable bonds is 5. The maximum Gasteiger partial charge on any atom is 0.348 e. The Kier molecular flexibility index (Phi) is 4.96. The van der Waals surface area contributed by atoms with Crippen molar-refractivity contribution in [3.63, 3.8) is 0 Å². The van der Waals surface area contributed by atoms with Gasteiger partial charge < -0.3 is 14.9 Å². The monoisotopic (exact) mass is 378 g/mol. The molecule has 25 heavy (non-hydrogen) atoms. The molecule has 3 rings (SSSR count). The third kappa shape index (κ3) is 3.47. The van der Waals surface area contributed by atoms with Gasteiger partial charge in [0.1, 0.15) is 27.1 Å². The Morgan fingerprint density at radius 1 is 1.28 bits per heavy atom. The molecule has 132 valence electrons. The normalized spacial score (nSPS) is 11.2. The Balaban J connectivity index is 1.89. The van der Waals surface area contributed by atoms with Crippen LogP contribution in [-0.2, 0) is 10.5 Å². The topological polar surface area (TPSA) is 104 Å². The summed E-state index contributed by atoms with van der Waals surface area (Å²) >= 11 is 2.68.